The number of hydrogen-bond acceptors (Lipinski definition) is 9. The van der Waals surface area contributed by atoms with Crippen molar-refractivity contribution in [3.63, 3.8) is 0 Å². The first-order chi connectivity index (χ1) is 22.6. The number of fused-ring (bicyclic) bond motifs is 3. The smallest absolute Gasteiger partial charge is 0.318 e. The van der Waals surface area contributed by atoms with Gasteiger partial charge in [0, 0.05) is 47.6 Å². The molecule has 47 heavy (non-hydrogen) atoms. The first kappa shape index (κ1) is 34.9. The van der Waals surface area contributed by atoms with Crippen LogP contribution >= 0.6 is 22.9 Å². The van der Waals surface area contributed by atoms with Crippen LogP contribution in [0.4, 0.5) is 28.4 Å². The fraction of sp³-hybridized carbons (Fsp3) is 0.485. The quantitative estimate of drug-likeness (QED) is 0.183. The predicted molar refractivity (Wildman–Crippen MR) is 181 cm³/mol. The highest BCUT2D eigenvalue weighted by molar-refractivity contribution is 7.23. The SMILES string of the molecule is CC.COc1nc(NCC2CC(F)C(C)N2)c2cc(Cl)c(-c3ccc(F)c4sc(N)c(C#N)c34)c(F)c2n1.FC1CC2CCCN2C1. The summed E-state index contributed by atoms with van der Waals surface area (Å²) in [6.07, 6.45) is 2.19. The number of nitrogen functional groups attached to an aromatic ring is 1. The number of anilines is 2. The Hall–Kier alpha value is -3.44. The van der Waals surface area contributed by atoms with E-state index >= 15 is 4.39 Å². The summed E-state index contributed by atoms with van der Waals surface area (Å²) in [7, 11) is 1.35. The number of thiophene rings is 1. The Labute approximate surface area is 280 Å². The molecule has 0 spiro atoms. The minimum atomic E-state index is -0.958. The largest absolute Gasteiger partial charge is 0.467 e. The molecule has 7 rings (SSSR count). The van der Waals surface area contributed by atoms with Gasteiger partial charge in [0.25, 0.3) is 0 Å². The summed E-state index contributed by atoms with van der Waals surface area (Å²) in [5, 5.41) is 16.5. The Kier molecular flexibility index (Phi) is 11.0. The van der Waals surface area contributed by atoms with Gasteiger partial charge in [-0.3, -0.25) is 4.90 Å². The third kappa shape index (κ3) is 6.92. The lowest BCUT2D eigenvalue weighted by molar-refractivity contribution is 0.292. The topological polar surface area (TPSA) is 112 Å². The van der Waals surface area contributed by atoms with Crippen LogP contribution in [0, 0.1) is 23.0 Å². The van der Waals surface area contributed by atoms with Gasteiger partial charge in [0.1, 0.15) is 40.6 Å². The van der Waals surface area contributed by atoms with Gasteiger partial charge >= 0.3 is 6.01 Å². The third-order valence-corrected chi connectivity index (χ3v) is 10.1. The van der Waals surface area contributed by atoms with Gasteiger partial charge in [0.2, 0.25) is 0 Å². The Morgan fingerprint density at radius 3 is 2.66 bits per heavy atom. The number of methoxy groups -OCH3 is 1. The highest BCUT2D eigenvalue weighted by Gasteiger charge is 2.35. The number of nitriles is 1. The molecule has 2 aromatic carbocycles. The van der Waals surface area contributed by atoms with Gasteiger partial charge < -0.3 is 21.1 Å². The molecule has 8 nitrogen and oxygen atoms in total. The molecule has 4 aromatic rings. The van der Waals surface area contributed by atoms with E-state index in [0.29, 0.717) is 25.6 Å². The van der Waals surface area contributed by atoms with E-state index in [1.54, 1.807) is 6.92 Å². The van der Waals surface area contributed by atoms with Crippen molar-refractivity contribution < 1.29 is 22.3 Å². The van der Waals surface area contributed by atoms with Crippen LogP contribution in [0.15, 0.2) is 18.2 Å². The van der Waals surface area contributed by atoms with Crippen LogP contribution in [0.3, 0.4) is 0 Å². The molecule has 5 atom stereocenters. The molecule has 0 saturated carbocycles. The summed E-state index contributed by atoms with van der Waals surface area (Å²) in [5.41, 5.74) is 6.06. The van der Waals surface area contributed by atoms with Crippen molar-refractivity contribution in [2.24, 2.45) is 0 Å². The molecule has 14 heteroatoms. The molecule has 3 aliphatic heterocycles. The summed E-state index contributed by atoms with van der Waals surface area (Å²) >= 11 is 7.48. The normalized spacial score (nSPS) is 23.5. The molecule has 252 valence electrons. The standard InChI is InChI=1S/C24H20ClF3N6OS.C7H12FN.C2H6/c1-9-16(27)5-10(32-9)8-31-23-12-6-14(25)18(19(28)20(12)33-24(34-23)35-2)11-3-4-15(26)21-17(11)13(7-29)22(30)36-21;8-6-4-7-2-1-3-9(7)5-6;1-2/h3-4,6,9-10,16,32H,5,8,30H2,1-2H3,(H,31,33,34);6-7H,1-5H2;1-2H3. The second kappa shape index (κ2) is 14.8. The number of halogens is 5. The van der Waals surface area contributed by atoms with Crippen LogP contribution in [-0.2, 0) is 0 Å². The second-order valence-corrected chi connectivity index (χ2v) is 13.1. The molecule has 5 heterocycles. The van der Waals surface area contributed by atoms with E-state index in [1.807, 2.05) is 19.9 Å². The summed E-state index contributed by atoms with van der Waals surface area (Å²) in [5.74, 6) is -1.10. The lowest BCUT2D eigenvalue weighted by atomic mass is 9.97. The maximum Gasteiger partial charge on any atom is 0.318 e. The highest BCUT2D eigenvalue weighted by Crippen LogP contribution is 2.45. The van der Waals surface area contributed by atoms with Gasteiger partial charge in [-0.1, -0.05) is 31.5 Å². The zero-order chi connectivity index (χ0) is 34.0. The monoisotopic (exact) mass is 691 g/mol. The molecular weight excluding hydrogens is 654 g/mol. The minimum absolute atomic E-state index is 0.00909. The Morgan fingerprint density at radius 2 is 2.00 bits per heavy atom. The van der Waals surface area contributed by atoms with Crippen LogP contribution in [-0.4, -0.2) is 72.1 Å². The second-order valence-electron chi connectivity index (χ2n) is 11.7. The molecule has 5 unspecified atom stereocenters. The fourth-order valence-electron chi connectivity index (χ4n) is 6.57. The lowest BCUT2D eigenvalue weighted by Gasteiger charge is -2.16. The molecule has 3 saturated heterocycles. The number of nitrogens with two attached hydrogens (primary N) is 1. The van der Waals surface area contributed by atoms with Crippen molar-refractivity contribution in [1.29, 1.82) is 5.26 Å². The number of hydrogen-bond donors (Lipinski definition) is 3. The van der Waals surface area contributed by atoms with Crippen molar-refractivity contribution in [1.82, 2.24) is 20.2 Å². The summed E-state index contributed by atoms with van der Waals surface area (Å²) in [4.78, 5) is 10.8. The molecule has 0 aliphatic carbocycles. The average molecular weight is 692 g/mol. The van der Waals surface area contributed by atoms with Crippen molar-refractivity contribution in [2.75, 3.05) is 37.8 Å². The maximum atomic E-state index is 16.1. The van der Waals surface area contributed by atoms with Gasteiger partial charge in [-0.25, -0.2) is 17.6 Å². The molecule has 0 amide bonds. The zero-order valence-corrected chi connectivity index (χ0v) is 28.2. The molecule has 0 radical (unpaired) electrons. The number of aromatic nitrogens is 2. The minimum Gasteiger partial charge on any atom is -0.467 e. The number of nitrogens with one attached hydrogen (secondary N) is 2. The van der Waals surface area contributed by atoms with Gasteiger partial charge in [-0.2, -0.15) is 15.2 Å². The summed E-state index contributed by atoms with van der Waals surface area (Å²) < 4.78 is 62.5. The fourth-order valence-corrected chi connectivity index (χ4v) is 7.81. The van der Waals surface area contributed by atoms with E-state index in [2.05, 4.69) is 25.5 Å². The van der Waals surface area contributed by atoms with Gasteiger partial charge in [-0.05, 0) is 56.8 Å². The van der Waals surface area contributed by atoms with E-state index < -0.39 is 24.0 Å². The predicted octanol–water partition coefficient (Wildman–Crippen LogP) is 7.62. The first-order valence-electron chi connectivity index (χ1n) is 15.8. The number of nitrogens with zero attached hydrogens (tertiary/aromatic N) is 4. The van der Waals surface area contributed by atoms with Crippen molar-refractivity contribution >= 4 is 54.7 Å². The molecule has 3 aliphatic rings. The van der Waals surface area contributed by atoms with E-state index in [1.165, 1.54) is 38.2 Å². The van der Waals surface area contributed by atoms with Crippen LogP contribution < -0.4 is 21.1 Å². The van der Waals surface area contributed by atoms with Crippen molar-refractivity contribution in [3.8, 4) is 23.2 Å². The van der Waals surface area contributed by atoms with E-state index in [9.17, 15) is 18.4 Å². The molecule has 4 N–H and O–H groups in total. The van der Waals surface area contributed by atoms with Gasteiger partial charge in [-0.15, -0.1) is 11.3 Å². The number of ether oxygens (including phenoxy) is 1. The zero-order valence-electron chi connectivity index (χ0n) is 26.6. The maximum absolute atomic E-state index is 16.1. The molecular formula is C33H38ClF4N7OS. The van der Waals surface area contributed by atoms with Crippen molar-refractivity contribution in [3.05, 3.63) is 40.4 Å². The lowest BCUT2D eigenvalue weighted by Crippen LogP contribution is -2.34. The Morgan fingerprint density at radius 1 is 1.23 bits per heavy atom. The summed E-state index contributed by atoms with van der Waals surface area (Å²) in [6.45, 7) is 7.96. The Bertz CT molecular complexity index is 1780. The molecule has 0 bridgehead atoms. The van der Waals surface area contributed by atoms with E-state index in [4.69, 9.17) is 22.1 Å². The van der Waals surface area contributed by atoms with Crippen LogP contribution in [0.1, 0.15) is 52.0 Å². The third-order valence-electron chi connectivity index (χ3n) is 8.77. The molecule has 2 aromatic heterocycles. The number of rotatable bonds is 5. The molecule has 3 fully saturated rings. The van der Waals surface area contributed by atoms with Gasteiger partial charge in [0.15, 0.2) is 5.82 Å². The summed E-state index contributed by atoms with van der Waals surface area (Å²) in [6, 6.07) is 6.12. The Balaban J connectivity index is 0.000000333. The average Bonchev–Trinajstić information content (AvgIpc) is 3.81. The number of alkyl halides is 2. The highest BCUT2D eigenvalue weighted by atomic mass is 35.5. The van der Waals surface area contributed by atoms with E-state index in [0.717, 1.165) is 24.3 Å². The van der Waals surface area contributed by atoms with Crippen molar-refractivity contribution in [2.45, 2.75) is 76.9 Å². The van der Waals surface area contributed by atoms with Gasteiger partial charge in [0.05, 0.1) is 22.4 Å². The van der Waals surface area contributed by atoms with Crippen LogP contribution in [0.2, 0.25) is 5.02 Å². The number of benzene rings is 2. The van der Waals surface area contributed by atoms with Crippen LogP contribution in [0.25, 0.3) is 32.1 Å². The van der Waals surface area contributed by atoms with Crippen LogP contribution in [0.5, 0.6) is 6.01 Å². The first-order valence-corrected chi connectivity index (χ1v) is 17.0. The van der Waals surface area contributed by atoms with E-state index in [-0.39, 0.29) is 71.6 Å².